The average Bonchev–Trinajstić information content (AvgIpc) is 2.48. The maximum Gasteiger partial charge on any atom is 0.119 e. The van der Waals surface area contributed by atoms with E-state index in [1.54, 1.807) is 0 Å². The number of ether oxygens (including phenoxy) is 1. The highest BCUT2D eigenvalue weighted by Gasteiger charge is 2.05. The molecule has 0 fully saturated rings. The van der Waals surface area contributed by atoms with Crippen LogP contribution in [0.15, 0.2) is 48.5 Å². The predicted octanol–water partition coefficient (Wildman–Crippen LogP) is 3.91. The minimum Gasteiger partial charge on any atom is -0.492 e. The van der Waals surface area contributed by atoms with Crippen molar-refractivity contribution in [2.45, 2.75) is 19.8 Å². The van der Waals surface area contributed by atoms with E-state index < -0.39 is 0 Å². The minimum absolute atomic E-state index is 0.514. The quantitative estimate of drug-likeness (QED) is 0.817. The summed E-state index contributed by atoms with van der Waals surface area (Å²) < 4.78 is 5.85. The van der Waals surface area contributed by atoms with Gasteiger partial charge in [0.15, 0.2) is 0 Å². The van der Waals surface area contributed by atoms with E-state index >= 15 is 0 Å². The molecule has 0 heterocycles. The van der Waals surface area contributed by atoms with Crippen molar-refractivity contribution in [1.29, 1.82) is 0 Å². The third-order valence-electron chi connectivity index (χ3n) is 3.57. The number of para-hydroxylation sites is 2. The standard InChI is InChI=1S/C18H24N2O/c1-14(2)15-7-6-8-16(13-15)21-12-11-20(3)18-10-5-4-9-17(18)19/h4-10,13-14H,11-12,19H2,1-3H3. The Morgan fingerprint density at radius 3 is 2.57 bits per heavy atom. The lowest BCUT2D eigenvalue weighted by Gasteiger charge is -2.21. The second-order valence-corrected chi connectivity index (χ2v) is 5.56. The molecule has 0 aliphatic rings. The van der Waals surface area contributed by atoms with Crippen LogP contribution in [-0.2, 0) is 0 Å². The molecule has 0 saturated heterocycles. The number of nitrogen functional groups attached to an aromatic ring is 1. The summed E-state index contributed by atoms with van der Waals surface area (Å²) in [6.07, 6.45) is 0. The zero-order valence-electron chi connectivity index (χ0n) is 13.0. The summed E-state index contributed by atoms with van der Waals surface area (Å²) >= 11 is 0. The van der Waals surface area contributed by atoms with Gasteiger partial charge in [-0.2, -0.15) is 0 Å². The highest BCUT2D eigenvalue weighted by atomic mass is 16.5. The molecule has 0 spiro atoms. The summed E-state index contributed by atoms with van der Waals surface area (Å²) in [5.74, 6) is 1.44. The monoisotopic (exact) mass is 284 g/mol. The summed E-state index contributed by atoms with van der Waals surface area (Å²) in [6, 6.07) is 16.2. The van der Waals surface area contributed by atoms with E-state index in [1.807, 2.05) is 43.4 Å². The van der Waals surface area contributed by atoms with Crippen LogP contribution in [0.1, 0.15) is 25.3 Å². The largest absolute Gasteiger partial charge is 0.492 e. The Bertz CT molecular complexity index is 581. The van der Waals surface area contributed by atoms with E-state index in [0.717, 1.165) is 23.7 Å². The molecular weight excluding hydrogens is 260 g/mol. The molecule has 2 N–H and O–H groups in total. The van der Waals surface area contributed by atoms with Crippen LogP contribution in [0.3, 0.4) is 0 Å². The van der Waals surface area contributed by atoms with Gasteiger partial charge in [-0.25, -0.2) is 0 Å². The molecule has 3 heteroatoms. The molecule has 0 amide bonds. The first-order chi connectivity index (χ1) is 10.1. The van der Waals surface area contributed by atoms with E-state index in [1.165, 1.54) is 5.56 Å². The number of anilines is 2. The van der Waals surface area contributed by atoms with Crippen LogP contribution < -0.4 is 15.4 Å². The Hall–Kier alpha value is -2.16. The number of nitrogens with zero attached hydrogens (tertiary/aromatic N) is 1. The lowest BCUT2D eigenvalue weighted by molar-refractivity contribution is 0.325. The summed E-state index contributed by atoms with van der Waals surface area (Å²) in [6.45, 7) is 5.79. The molecule has 3 nitrogen and oxygen atoms in total. The van der Waals surface area contributed by atoms with Crippen LogP contribution >= 0.6 is 0 Å². The van der Waals surface area contributed by atoms with Gasteiger partial charge < -0.3 is 15.4 Å². The van der Waals surface area contributed by atoms with Gasteiger partial charge in [0.05, 0.1) is 17.9 Å². The Kier molecular flexibility index (Phi) is 5.09. The Balaban J connectivity index is 1.90. The summed E-state index contributed by atoms with van der Waals surface area (Å²) in [7, 11) is 2.03. The van der Waals surface area contributed by atoms with Gasteiger partial charge >= 0.3 is 0 Å². The Morgan fingerprint density at radius 2 is 1.86 bits per heavy atom. The Labute approximate surface area is 127 Å². The normalized spacial score (nSPS) is 10.7. The van der Waals surface area contributed by atoms with Crippen molar-refractivity contribution in [3.8, 4) is 5.75 Å². The number of benzene rings is 2. The molecule has 0 aliphatic heterocycles. The van der Waals surface area contributed by atoms with Crippen molar-refractivity contribution < 1.29 is 4.74 Å². The van der Waals surface area contributed by atoms with E-state index in [-0.39, 0.29) is 0 Å². The van der Waals surface area contributed by atoms with Gasteiger partial charge in [-0.15, -0.1) is 0 Å². The van der Waals surface area contributed by atoms with E-state index in [9.17, 15) is 0 Å². The summed E-state index contributed by atoms with van der Waals surface area (Å²) in [5.41, 5.74) is 9.11. The van der Waals surface area contributed by atoms with Gasteiger partial charge in [-0.05, 0) is 35.7 Å². The zero-order valence-corrected chi connectivity index (χ0v) is 13.0. The molecule has 0 unspecified atom stereocenters. The van der Waals surface area contributed by atoms with Gasteiger partial charge in [-0.1, -0.05) is 38.1 Å². The first-order valence-electron chi connectivity index (χ1n) is 7.36. The lowest BCUT2D eigenvalue weighted by atomic mass is 10.0. The van der Waals surface area contributed by atoms with Crippen molar-refractivity contribution in [2.24, 2.45) is 0 Å². The van der Waals surface area contributed by atoms with Crippen molar-refractivity contribution in [1.82, 2.24) is 0 Å². The fourth-order valence-corrected chi connectivity index (χ4v) is 2.22. The van der Waals surface area contributed by atoms with Gasteiger partial charge in [-0.3, -0.25) is 0 Å². The molecule has 2 aromatic rings. The zero-order chi connectivity index (χ0) is 15.2. The smallest absolute Gasteiger partial charge is 0.119 e. The average molecular weight is 284 g/mol. The lowest BCUT2D eigenvalue weighted by Crippen LogP contribution is -2.24. The van der Waals surface area contributed by atoms with Crippen LogP contribution in [0.4, 0.5) is 11.4 Å². The van der Waals surface area contributed by atoms with Gasteiger partial charge in [0.1, 0.15) is 12.4 Å². The van der Waals surface area contributed by atoms with E-state index in [2.05, 4.69) is 30.9 Å². The molecule has 21 heavy (non-hydrogen) atoms. The summed E-state index contributed by atoms with van der Waals surface area (Å²) in [4.78, 5) is 2.11. The molecule has 0 radical (unpaired) electrons. The molecule has 112 valence electrons. The number of likely N-dealkylation sites (N-methyl/N-ethyl adjacent to an activating group) is 1. The Morgan fingerprint density at radius 1 is 1.10 bits per heavy atom. The molecular formula is C18H24N2O. The van der Waals surface area contributed by atoms with Crippen molar-refractivity contribution in [3.63, 3.8) is 0 Å². The fraction of sp³-hybridized carbons (Fsp3) is 0.333. The number of rotatable bonds is 6. The minimum atomic E-state index is 0.514. The molecule has 0 atom stereocenters. The highest BCUT2D eigenvalue weighted by Crippen LogP contribution is 2.22. The number of hydrogen-bond acceptors (Lipinski definition) is 3. The second-order valence-electron chi connectivity index (χ2n) is 5.56. The van der Waals surface area contributed by atoms with Crippen LogP contribution in [-0.4, -0.2) is 20.2 Å². The fourth-order valence-electron chi connectivity index (χ4n) is 2.22. The van der Waals surface area contributed by atoms with Crippen molar-refractivity contribution in [3.05, 3.63) is 54.1 Å². The number of nitrogens with two attached hydrogens (primary N) is 1. The van der Waals surface area contributed by atoms with Crippen LogP contribution in [0.2, 0.25) is 0 Å². The first kappa shape index (κ1) is 15.2. The second kappa shape index (κ2) is 7.02. The van der Waals surface area contributed by atoms with E-state index in [0.29, 0.717) is 12.5 Å². The van der Waals surface area contributed by atoms with E-state index in [4.69, 9.17) is 10.5 Å². The van der Waals surface area contributed by atoms with Gasteiger partial charge in [0.25, 0.3) is 0 Å². The van der Waals surface area contributed by atoms with Gasteiger partial charge in [0.2, 0.25) is 0 Å². The first-order valence-corrected chi connectivity index (χ1v) is 7.36. The van der Waals surface area contributed by atoms with Crippen LogP contribution in [0, 0.1) is 0 Å². The topological polar surface area (TPSA) is 38.5 Å². The molecule has 0 aliphatic carbocycles. The highest BCUT2D eigenvalue weighted by molar-refractivity contribution is 5.66. The molecule has 0 bridgehead atoms. The van der Waals surface area contributed by atoms with Gasteiger partial charge in [0, 0.05) is 7.05 Å². The summed E-state index contributed by atoms with van der Waals surface area (Å²) in [5, 5.41) is 0. The maximum absolute atomic E-state index is 5.97. The predicted molar refractivity (Wildman–Crippen MR) is 90.2 cm³/mol. The molecule has 0 aromatic heterocycles. The third kappa shape index (κ3) is 4.15. The maximum atomic E-state index is 5.97. The van der Waals surface area contributed by atoms with Crippen LogP contribution in [0.25, 0.3) is 0 Å². The molecule has 2 rings (SSSR count). The molecule has 0 saturated carbocycles. The SMILES string of the molecule is CC(C)c1cccc(OCCN(C)c2ccccc2N)c1. The van der Waals surface area contributed by atoms with Crippen LogP contribution in [0.5, 0.6) is 5.75 Å². The number of hydrogen-bond donors (Lipinski definition) is 1. The molecule has 2 aromatic carbocycles. The van der Waals surface area contributed by atoms with Crippen molar-refractivity contribution in [2.75, 3.05) is 30.8 Å². The van der Waals surface area contributed by atoms with Crippen molar-refractivity contribution >= 4 is 11.4 Å². The third-order valence-corrected chi connectivity index (χ3v) is 3.57.